The summed E-state index contributed by atoms with van der Waals surface area (Å²) in [6, 6.07) is 25.6. The third-order valence-corrected chi connectivity index (χ3v) is 8.55. The molecule has 0 unspecified atom stereocenters. The monoisotopic (exact) mass is 544 g/mol. The van der Waals surface area contributed by atoms with E-state index in [1.807, 2.05) is 19.1 Å². The van der Waals surface area contributed by atoms with Gasteiger partial charge in [-0.3, -0.25) is 9.59 Å². The Morgan fingerprint density at radius 2 is 1.22 bits per heavy atom. The third kappa shape index (κ3) is 5.03. The number of aryl methyl sites for hydroxylation is 3. The van der Waals surface area contributed by atoms with Gasteiger partial charge in [0.15, 0.2) is 11.6 Å². The molecule has 0 radical (unpaired) electrons. The standard InChI is InChI=1S/C38H40O3/c1-7-8-9-10-19-41-37-18-15-30(23-34(37)28(6)40)38(29-14-13-26(4)33(22-29)27(5)39)35-20-24(2)11-16-31(35)32-17-12-25(3)21-36(32)38/h11-18,20-23H,7-10,19H2,1-6H3. The van der Waals surface area contributed by atoms with Crippen LogP contribution in [0.2, 0.25) is 0 Å². The highest BCUT2D eigenvalue weighted by atomic mass is 16.5. The lowest BCUT2D eigenvalue weighted by Gasteiger charge is -2.35. The molecule has 3 nitrogen and oxygen atoms in total. The van der Waals surface area contributed by atoms with Gasteiger partial charge in [0.05, 0.1) is 17.6 Å². The zero-order valence-corrected chi connectivity index (χ0v) is 25.2. The van der Waals surface area contributed by atoms with Gasteiger partial charge in [-0.1, -0.05) is 91.9 Å². The van der Waals surface area contributed by atoms with Crippen LogP contribution in [-0.4, -0.2) is 18.2 Å². The first-order chi connectivity index (χ1) is 19.7. The Balaban J connectivity index is 1.81. The minimum atomic E-state index is -0.704. The van der Waals surface area contributed by atoms with Crippen LogP contribution in [0.15, 0.2) is 72.8 Å². The molecule has 0 N–H and O–H groups in total. The van der Waals surface area contributed by atoms with Crippen LogP contribution >= 0.6 is 0 Å². The normalized spacial score (nSPS) is 13.0. The van der Waals surface area contributed by atoms with Crippen molar-refractivity contribution in [2.45, 2.75) is 72.6 Å². The number of hydrogen-bond donors (Lipinski definition) is 0. The molecular formula is C38H40O3. The Bertz CT molecular complexity index is 1590. The molecule has 0 amide bonds. The van der Waals surface area contributed by atoms with E-state index in [4.69, 9.17) is 4.74 Å². The van der Waals surface area contributed by atoms with Crippen LogP contribution in [0.25, 0.3) is 11.1 Å². The molecule has 0 atom stereocenters. The molecule has 0 aliphatic heterocycles. The Morgan fingerprint density at radius 1 is 0.659 bits per heavy atom. The lowest BCUT2D eigenvalue weighted by atomic mass is 9.66. The number of ether oxygens (including phenoxy) is 1. The van der Waals surface area contributed by atoms with Crippen molar-refractivity contribution in [2.24, 2.45) is 0 Å². The van der Waals surface area contributed by atoms with E-state index in [9.17, 15) is 9.59 Å². The molecule has 41 heavy (non-hydrogen) atoms. The highest BCUT2D eigenvalue weighted by Crippen LogP contribution is 2.57. The van der Waals surface area contributed by atoms with Gasteiger partial charge in [0, 0.05) is 5.56 Å². The van der Waals surface area contributed by atoms with Crippen LogP contribution in [0.1, 0.15) is 106 Å². The lowest BCUT2D eigenvalue weighted by molar-refractivity contribution is 0.100. The fourth-order valence-electron chi connectivity index (χ4n) is 6.45. The average molecular weight is 545 g/mol. The Morgan fingerprint density at radius 3 is 1.78 bits per heavy atom. The number of benzene rings is 4. The van der Waals surface area contributed by atoms with Crippen LogP contribution in [0, 0.1) is 20.8 Å². The van der Waals surface area contributed by atoms with Crippen molar-refractivity contribution in [2.75, 3.05) is 6.61 Å². The molecule has 4 aromatic rings. The van der Waals surface area contributed by atoms with Gasteiger partial charge in [0.2, 0.25) is 0 Å². The number of carbonyl (C=O) groups is 2. The smallest absolute Gasteiger partial charge is 0.163 e. The van der Waals surface area contributed by atoms with E-state index in [1.165, 1.54) is 35.1 Å². The molecule has 0 aromatic heterocycles. The summed E-state index contributed by atoms with van der Waals surface area (Å²) in [7, 11) is 0. The number of hydrogen-bond acceptors (Lipinski definition) is 3. The molecular weight excluding hydrogens is 504 g/mol. The zero-order valence-electron chi connectivity index (χ0n) is 25.2. The second-order valence-electron chi connectivity index (χ2n) is 11.6. The zero-order chi connectivity index (χ0) is 29.3. The van der Waals surface area contributed by atoms with Gasteiger partial charge in [-0.2, -0.15) is 0 Å². The lowest BCUT2D eigenvalue weighted by Crippen LogP contribution is -2.29. The quantitative estimate of drug-likeness (QED) is 0.130. The molecule has 0 bridgehead atoms. The highest BCUT2D eigenvalue weighted by molar-refractivity contribution is 5.98. The summed E-state index contributed by atoms with van der Waals surface area (Å²) in [5.74, 6) is 0.654. The predicted octanol–water partition coefficient (Wildman–Crippen LogP) is 9.34. The Labute approximate surface area is 244 Å². The van der Waals surface area contributed by atoms with E-state index in [2.05, 4.69) is 81.4 Å². The van der Waals surface area contributed by atoms with Crippen LogP contribution < -0.4 is 4.74 Å². The maximum Gasteiger partial charge on any atom is 0.163 e. The maximum atomic E-state index is 13.1. The van der Waals surface area contributed by atoms with E-state index < -0.39 is 5.41 Å². The second kappa shape index (κ2) is 11.5. The van der Waals surface area contributed by atoms with Crippen LogP contribution in [-0.2, 0) is 5.41 Å². The number of fused-ring (bicyclic) bond motifs is 3. The summed E-state index contributed by atoms with van der Waals surface area (Å²) in [5, 5.41) is 0. The number of unbranched alkanes of at least 4 members (excludes halogenated alkanes) is 3. The van der Waals surface area contributed by atoms with Gasteiger partial charge in [-0.15, -0.1) is 0 Å². The van der Waals surface area contributed by atoms with Crippen molar-refractivity contribution in [1.82, 2.24) is 0 Å². The van der Waals surface area contributed by atoms with E-state index >= 15 is 0 Å². The third-order valence-electron chi connectivity index (χ3n) is 8.55. The number of Topliss-reactive ketones (excluding diaryl/α,β-unsaturated/α-hetero) is 2. The number of ketones is 2. The molecule has 210 valence electrons. The average Bonchev–Trinajstić information content (AvgIpc) is 3.22. The first-order valence-corrected chi connectivity index (χ1v) is 14.8. The summed E-state index contributed by atoms with van der Waals surface area (Å²) in [4.78, 5) is 25.8. The fourth-order valence-corrected chi connectivity index (χ4v) is 6.45. The van der Waals surface area contributed by atoms with Crippen molar-refractivity contribution in [3.05, 3.63) is 123 Å². The summed E-state index contributed by atoms with van der Waals surface area (Å²) >= 11 is 0. The molecule has 0 spiro atoms. The molecule has 0 saturated heterocycles. The van der Waals surface area contributed by atoms with E-state index in [1.54, 1.807) is 13.8 Å². The largest absolute Gasteiger partial charge is 0.493 e. The van der Waals surface area contributed by atoms with Crippen molar-refractivity contribution in [1.29, 1.82) is 0 Å². The number of carbonyl (C=O) groups excluding carboxylic acids is 2. The fraction of sp³-hybridized carbons (Fsp3) is 0.316. The molecule has 1 aliphatic carbocycles. The minimum absolute atomic E-state index is 0.0224. The molecule has 0 heterocycles. The number of rotatable bonds is 10. The van der Waals surface area contributed by atoms with Gasteiger partial charge in [0.25, 0.3) is 0 Å². The van der Waals surface area contributed by atoms with E-state index in [-0.39, 0.29) is 11.6 Å². The first kappa shape index (κ1) is 28.5. The minimum Gasteiger partial charge on any atom is -0.493 e. The van der Waals surface area contributed by atoms with Crippen LogP contribution in [0.3, 0.4) is 0 Å². The van der Waals surface area contributed by atoms with Crippen molar-refractivity contribution in [3.63, 3.8) is 0 Å². The summed E-state index contributed by atoms with van der Waals surface area (Å²) in [6.45, 7) is 12.2. The topological polar surface area (TPSA) is 43.4 Å². The van der Waals surface area contributed by atoms with Gasteiger partial charge < -0.3 is 4.74 Å². The maximum absolute atomic E-state index is 13.1. The molecule has 0 saturated carbocycles. The van der Waals surface area contributed by atoms with E-state index in [0.717, 1.165) is 46.2 Å². The Kier molecular flexibility index (Phi) is 8.00. The summed E-state index contributed by atoms with van der Waals surface area (Å²) in [6.07, 6.45) is 4.43. The van der Waals surface area contributed by atoms with Crippen molar-refractivity contribution >= 4 is 11.6 Å². The SMILES string of the molecule is CCCCCCOc1ccc(C2(c3ccc(C)c(C(C)=O)c3)c3cc(C)ccc3-c3ccc(C)cc32)cc1C(C)=O. The van der Waals surface area contributed by atoms with Crippen molar-refractivity contribution < 1.29 is 14.3 Å². The van der Waals surface area contributed by atoms with Gasteiger partial charge >= 0.3 is 0 Å². The second-order valence-corrected chi connectivity index (χ2v) is 11.6. The van der Waals surface area contributed by atoms with Crippen LogP contribution in [0.5, 0.6) is 5.75 Å². The molecule has 1 aliphatic rings. The predicted molar refractivity (Wildman–Crippen MR) is 168 cm³/mol. The van der Waals surface area contributed by atoms with E-state index in [0.29, 0.717) is 17.9 Å². The highest BCUT2D eigenvalue weighted by Gasteiger charge is 2.47. The van der Waals surface area contributed by atoms with Gasteiger partial charge in [-0.25, -0.2) is 0 Å². The van der Waals surface area contributed by atoms with Crippen molar-refractivity contribution in [3.8, 4) is 16.9 Å². The summed E-state index contributed by atoms with van der Waals surface area (Å²) < 4.78 is 6.18. The van der Waals surface area contributed by atoms with Gasteiger partial charge in [0.1, 0.15) is 5.75 Å². The first-order valence-electron chi connectivity index (χ1n) is 14.8. The van der Waals surface area contributed by atoms with Crippen LogP contribution in [0.4, 0.5) is 0 Å². The molecule has 4 aromatic carbocycles. The Hall–Kier alpha value is -3.98. The molecule has 5 rings (SSSR count). The summed E-state index contributed by atoms with van der Waals surface area (Å²) in [5.41, 5.74) is 10.6. The molecule has 3 heteroatoms. The van der Waals surface area contributed by atoms with Gasteiger partial charge in [-0.05, 0) is 98.2 Å². The molecule has 0 fully saturated rings.